The van der Waals surface area contributed by atoms with Crippen LogP contribution in [0.1, 0.15) is 24.1 Å². The molecule has 2 aliphatic rings. The molecular formula is C22H26N4O2. The van der Waals surface area contributed by atoms with E-state index in [1.165, 1.54) is 0 Å². The number of nitrogens with zero attached hydrogens (tertiary/aromatic N) is 3. The first-order chi connectivity index (χ1) is 13.5. The maximum Gasteiger partial charge on any atom is 0.321 e. The lowest BCUT2D eigenvalue weighted by Crippen LogP contribution is -2.34. The second-order valence-corrected chi connectivity index (χ2v) is 8.10. The van der Waals surface area contributed by atoms with Gasteiger partial charge in [0, 0.05) is 43.4 Å². The topological polar surface area (TPSA) is 65.5 Å². The van der Waals surface area contributed by atoms with Crippen LogP contribution in [0.25, 0.3) is 0 Å². The van der Waals surface area contributed by atoms with Gasteiger partial charge in [0.05, 0.1) is 12.2 Å². The number of aryl methyl sites for hydroxylation is 1. The number of carbonyl (C=O) groups is 2. The third kappa shape index (κ3) is 3.72. The number of carbonyl (C=O) groups excluding carboxylic acids is 2. The first-order valence-electron chi connectivity index (χ1n) is 9.74. The molecular weight excluding hydrogens is 352 g/mol. The van der Waals surface area contributed by atoms with E-state index in [1.54, 1.807) is 11.1 Å². The Hall–Kier alpha value is -2.89. The van der Waals surface area contributed by atoms with E-state index in [-0.39, 0.29) is 23.3 Å². The molecule has 6 nitrogen and oxygen atoms in total. The summed E-state index contributed by atoms with van der Waals surface area (Å²) in [6.07, 6.45) is 3.50. The molecule has 2 heterocycles. The standard InChI is InChI=1S/C22H26N4O2/c1-16-6-8-17(9-7-16)24-21(28)26-12-10-22(15-26)13-19(22)20(27)25(2)14-18-5-3-4-11-23-18/h3-9,11,19H,10,12-15H2,1-2H3,(H,24,28)/t19-,22-/m0/s1. The second kappa shape index (κ2) is 7.26. The van der Waals surface area contributed by atoms with Gasteiger partial charge in [0.25, 0.3) is 0 Å². The Morgan fingerprint density at radius 3 is 2.75 bits per heavy atom. The molecule has 1 aromatic carbocycles. The number of benzene rings is 1. The monoisotopic (exact) mass is 378 g/mol. The lowest BCUT2D eigenvalue weighted by Gasteiger charge is -2.20. The lowest BCUT2D eigenvalue weighted by molar-refractivity contribution is -0.132. The number of aromatic nitrogens is 1. The summed E-state index contributed by atoms with van der Waals surface area (Å²) in [5.74, 6) is 0.171. The molecule has 0 radical (unpaired) electrons. The number of urea groups is 1. The summed E-state index contributed by atoms with van der Waals surface area (Å²) in [5.41, 5.74) is 2.81. The summed E-state index contributed by atoms with van der Waals surface area (Å²) in [6, 6.07) is 13.4. The number of hydrogen-bond acceptors (Lipinski definition) is 3. The molecule has 2 aromatic rings. The van der Waals surface area contributed by atoms with Crippen LogP contribution >= 0.6 is 0 Å². The Labute approximate surface area is 165 Å². The van der Waals surface area contributed by atoms with Crippen molar-refractivity contribution in [3.8, 4) is 0 Å². The SMILES string of the molecule is Cc1ccc(NC(=O)N2CC[C@]3(C[C@H]3C(=O)N(C)Cc3ccccn3)C2)cc1. The summed E-state index contributed by atoms with van der Waals surface area (Å²) < 4.78 is 0. The summed E-state index contributed by atoms with van der Waals surface area (Å²) in [4.78, 5) is 33.3. The predicted octanol–water partition coefficient (Wildman–Crippen LogP) is 3.29. The van der Waals surface area contributed by atoms with Gasteiger partial charge in [0.1, 0.15) is 0 Å². The highest BCUT2D eigenvalue weighted by molar-refractivity contribution is 5.90. The lowest BCUT2D eigenvalue weighted by atomic mass is 10.0. The van der Waals surface area contributed by atoms with Crippen LogP contribution in [0.4, 0.5) is 10.5 Å². The fourth-order valence-corrected chi connectivity index (χ4v) is 4.14. The van der Waals surface area contributed by atoms with Crippen molar-refractivity contribution < 1.29 is 9.59 Å². The Kier molecular flexibility index (Phi) is 4.79. The van der Waals surface area contributed by atoms with Crippen LogP contribution in [0.15, 0.2) is 48.7 Å². The van der Waals surface area contributed by atoms with Gasteiger partial charge in [-0.25, -0.2) is 4.79 Å². The minimum Gasteiger partial charge on any atom is -0.340 e. The van der Waals surface area contributed by atoms with Crippen molar-refractivity contribution in [2.45, 2.75) is 26.3 Å². The van der Waals surface area contributed by atoms with Crippen LogP contribution in [0.2, 0.25) is 0 Å². The molecule has 1 saturated heterocycles. The first-order valence-corrected chi connectivity index (χ1v) is 9.74. The van der Waals surface area contributed by atoms with E-state index in [4.69, 9.17) is 0 Å². The maximum atomic E-state index is 12.8. The Morgan fingerprint density at radius 2 is 2.04 bits per heavy atom. The van der Waals surface area contributed by atoms with Crippen LogP contribution in [-0.4, -0.2) is 46.9 Å². The highest BCUT2D eigenvalue weighted by Gasteiger charge is 2.61. The zero-order chi connectivity index (χ0) is 19.7. The third-order valence-electron chi connectivity index (χ3n) is 5.96. The molecule has 1 spiro atoms. The number of amides is 3. The van der Waals surface area contributed by atoms with Crippen LogP contribution in [-0.2, 0) is 11.3 Å². The van der Waals surface area contributed by atoms with Crippen LogP contribution in [0.3, 0.4) is 0 Å². The Morgan fingerprint density at radius 1 is 1.25 bits per heavy atom. The van der Waals surface area contributed by atoms with E-state index in [0.29, 0.717) is 19.6 Å². The summed E-state index contributed by atoms with van der Waals surface area (Å²) >= 11 is 0. The van der Waals surface area contributed by atoms with E-state index in [2.05, 4.69) is 10.3 Å². The highest BCUT2D eigenvalue weighted by atomic mass is 16.2. The van der Waals surface area contributed by atoms with Gasteiger partial charge in [-0.1, -0.05) is 23.8 Å². The normalized spacial score (nSPS) is 22.9. The van der Waals surface area contributed by atoms with Crippen molar-refractivity contribution in [1.82, 2.24) is 14.8 Å². The zero-order valence-electron chi connectivity index (χ0n) is 16.4. The van der Waals surface area contributed by atoms with Gasteiger partial charge in [-0.15, -0.1) is 0 Å². The van der Waals surface area contributed by atoms with Gasteiger partial charge < -0.3 is 15.1 Å². The molecule has 28 heavy (non-hydrogen) atoms. The molecule has 2 atom stereocenters. The zero-order valence-corrected chi connectivity index (χ0v) is 16.4. The number of hydrogen-bond donors (Lipinski definition) is 1. The largest absolute Gasteiger partial charge is 0.340 e. The predicted molar refractivity (Wildman–Crippen MR) is 108 cm³/mol. The van der Waals surface area contributed by atoms with Crippen LogP contribution < -0.4 is 5.32 Å². The van der Waals surface area contributed by atoms with Gasteiger partial charge >= 0.3 is 6.03 Å². The number of rotatable bonds is 4. The highest BCUT2D eigenvalue weighted by Crippen LogP contribution is 2.59. The van der Waals surface area contributed by atoms with Gasteiger partial charge in [0.2, 0.25) is 5.91 Å². The van der Waals surface area contributed by atoms with E-state index in [0.717, 1.165) is 29.8 Å². The van der Waals surface area contributed by atoms with Gasteiger partial charge in [-0.2, -0.15) is 0 Å². The molecule has 3 amide bonds. The fourth-order valence-electron chi connectivity index (χ4n) is 4.14. The van der Waals surface area contributed by atoms with Crippen molar-refractivity contribution in [3.05, 3.63) is 59.9 Å². The molecule has 6 heteroatoms. The van der Waals surface area contributed by atoms with E-state index in [9.17, 15) is 9.59 Å². The molecule has 1 aliphatic carbocycles. The third-order valence-corrected chi connectivity index (χ3v) is 5.96. The van der Waals surface area contributed by atoms with Gasteiger partial charge in [-0.3, -0.25) is 9.78 Å². The summed E-state index contributed by atoms with van der Waals surface area (Å²) in [7, 11) is 1.83. The fraction of sp³-hybridized carbons (Fsp3) is 0.409. The molecule has 1 saturated carbocycles. The first kappa shape index (κ1) is 18.5. The quantitative estimate of drug-likeness (QED) is 0.888. The average molecular weight is 378 g/mol. The molecule has 2 fully saturated rings. The smallest absolute Gasteiger partial charge is 0.321 e. The number of nitrogens with one attached hydrogen (secondary N) is 1. The van der Waals surface area contributed by atoms with E-state index >= 15 is 0 Å². The van der Waals surface area contributed by atoms with Crippen LogP contribution in [0.5, 0.6) is 0 Å². The number of likely N-dealkylation sites (tertiary alicyclic amines) is 1. The average Bonchev–Trinajstić information content (AvgIpc) is 3.22. The Balaban J connectivity index is 1.32. The minimum absolute atomic E-state index is 0.0124. The molecule has 146 valence electrons. The van der Waals surface area contributed by atoms with Crippen LogP contribution in [0, 0.1) is 18.3 Å². The number of anilines is 1. The van der Waals surface area contributed by atoms with Crippen molar-refractivity contribution in [2.75, 3.05) is 25.5 Å². The minimum atomic E-state index is -0.0827. The molecule has 1 N–H and O–H groups in total. The summed E-state index contributed by atoms with van der Waals surface area (Å²) in [6.45, 7) is 3.89. The van der Waals surface area contributed by atoms with Crippen molar-refractivity contribution in [1.29, 1.82) is 0 Å². The molecule has 0 bridgehead atoms. The second-order valence-electron chi connectivity index (χ2n) is 8.10. The van der Waals surface area contributed by atoms with E-state index in [1.807, 2.05) is 61.3 Å². The van der Waals surface area contributed by atoms with Gasteiger partial charge in [-0.05, 0) is 44.0 Å². The van der Waals surface area contributed by atoms with Crippen molar-refractivity contribution in [2.24, 2.45) is 11.3 Å². The molecule has 1 aliphatic heterocycles. The molecule has 1 aromatic heterocycles. The molecule has 0 unspecified atom stereocenters. The van der Waals surface area contributed by atoms with Gasteiger partial charge in [0.15, 0.2) is 0 Å². The summed E-state index contributed by atoms with van der Waals surface area (Å²) in [5, 5.41) is 2.96. The van der Waals surface area contributed by atoms with E-state index < -0.39 is 0 Å². The molecule has 4 rings (SSSR count). The maximum absolute atomic E-state index is 12.8. The number of pyridine rings is 1. The van der Waals surface area contributed by atoms with Crippen molar-refractivity contribution in [3.63, 3.8) is 0 Å². The Bertz CT molecular complexity index is 868. The van der Waals surface area contributed by atoms with Crippen molar-refractivity contribution >= 4 is 17.6 Å².